The van der Waals surface area contributed by atoms with Gasteiger partial charge in [0.05, 0.1) is 6.61 Å². The third kappa shape index (κ3) is 6.25. The van der Waals surface area contributed by atoms with E-state index in [9.17, 15) is 4.79 Å². The molecule has 0 spiro atoms. The van der Waals surface area contributed by atoms with Crippen LogP contribution in [0.1, 0.15) is 26.7 Å². The zero-order chi connectivity index (χ0) is 11.7. The molecule has 0 radical (unpaired) electrons. The number of aliphatic hydroxyl groups excluding tert-OH is 1. The van der Waals surface area contributed by atoms with Gasteiger partial charge in [0.25, 0.3) is 0 Å². The highest BCUT2D eigenvalue weighted by Crippen LogP contribution is 1.99. The highest BCUT2D eigenvalue weighted by atomic mass is 16.5. The molecule has 0 aliphatic rings. The summed E-state index contributed by atoms with van der Waals surface area (Å²) in [5, 5.41) is 11.9. The average molecular weight is 215 g/mol. The summed E-state index contributed by atoms with van der Waals surface area (Å²) >= 11 is 0. The summed E-state index contributed by atoms with van der Waals surface area (Å²) in [5.74, 6) is -0.358. The van der Waals surface area contributed by atoms with Gasteiger partial charge in [0.2, 0.25) is 0 Å². The lowest BCUT2D eigenvalue weighted by molar-refractivity contribution is -0.138. The fraction of sp³-hybridized carbons (Fsp3) is 0.727. The summed E-state index contributed by atoms with van der Waals surface area (Å²) in [7, 11) is 0. The molecule has 0 aromatic rings. The molecular formula is C11H21NO3. The Hall–Kier alpha value is -0.870. The van der Waals surface area contributed by atoms with E-state index in [1.165, 1.54) is 0 Å². The van der Waals surface area contributed by atoms with Gasteiger partial charge in [0, 0.05) is 24.8 Å². The number of rotatable bonds is 8. The number of esters is 1. The van der Waals surface area contributed by atoms with Gasteiger partial charge >= 0.3 is 5.97 Å². The molecule has 0 rings (SSSR count). The van der Waals surface area contributed by atoms with Gasteiger partial charge in [-0.1, -0.05) is 13.5 Å². The van der Waals surface area contributed by atoms with Crippen LogP contribution in [0.3, 0.4) is 0 Å². The molecule has 1 unspecified atom stereocenters. The zero-order valence-corrected chi connectivity index (χ0v) is 9.58. The first-order chi connectivity index (χ1) is 7.15. The summed E-state index contributed by atoms with van der Waals surface area (Å²) in [6.45, 7) is 8.36. The SMILES string of the molecule is C=C(CNC(CC)CCO)C(=O)OCC. The molecule has 0 aromatic heterocycles. The number of aliphatic hydroxyl groups is 1. The minimum atomic E-state index is -0.358. The Balaban J connectivity index is 3.81. The lowest BCUT2D eigenvalue weighted by Gasteiger charge is -2.15. The van der Waals surface area contributed by atoms with Crippen LogP contribution in [0.4, 0.5) is 0 Å². The van der Waals surface area contributed by atoms with Gasteiger partial charge in [0.1, 0.15) is 0 Å². The third-order valence-electron chi connectivity index (χ3n) is 2.14. The molecule has 0 fully saturated rings. The molecule has 88 valence electrons. The van der Waals surface area contributed by atoms with Crippen molar-refractivity contribution in [2.24, 2.45) is 0 Å². The predicted molar refractivity (Wildman–Crippen MR) is 59.6 cm³/mol. The van der Waals surface area contributed by atoms with E-state index in [-0.39, 0.29) is 18.6 Å². The number of hydrogen-bond acceptors (Lipinski definition) is 4. The number of ether oxygens (including phenoxy) is 1. The molecule has 1 atom stereocenters. The Morgan fingerprint density at radius 1 is 1.53 bits per heavy atom. The maximum Gasteiger partial charge on any atom is 0.334 e. The largest absolute Gasteiger partial charge is 0.463 e. The summed E-state index contributed by atoms with van der Waals surface area (Å²) < 4.78 is 4.80. The van der Waals surface area contributed by atoms with Crippen LogP contribution in [0.15, 0.2) is 12.2 Å². The second-order valence-corrected chi connectivity index (χ2v) is 3.32. The van der Waals surface area contributed by atoms with Crippen LogP contribution < -0.4 is 5.32 Å². The van der Waals surface area contributed by atoms with Gasteiger partial charge in [-0.3, -0.25) is 0 Å². The highest BCUT2D eigenvalue weighted by Gasteiger charge is 2.10. The summed E-state index contributed by atoms with van der Waals surface area (Å²) in [6, 6.07) is 0.223. The normalized spacial score (nSPS) is 12.2. The molecule has 0 saturated heterocycles. The van der Waals surface area contributed by atoms with Gasteiger partial charge in [0.15, 0.2) is 0 Å². The van der Waals surface area contributed by atoms with Crippen molar-refractivity contribution in [3.8, 4) is 0 Å². The van der Waals surface area contributed by atoms with E-state index in [1.807, 2.05) is 6.92 Å². The Labute approximate surface area is 91.3 Å². The number of nitrogens with one attached hydrogen (secondary N) is 1. The van der Waals surface area contributed by atoms with Crippen molar-refractivity contribution in [1.29, 1.82) is 0 Å². The van der Waals surface area contributed by atoms with E-state index in [4.69, 9.17) is 9.84 Å². The molecule has 0 aromatic carbocycles. The Kier molecular flexibility index (Phi) is 7.95. The number of carbonyl (C=O) groups is 1. The first-order valence-electron chi connectivity index (χ1n) is 5.34. The quantitative estimate of drug-likeness (QED) is 0.465. The van der Waals surface area contributed by atoms with E-state index in [2.05, 4.69) is 11.9 Å². The fourth-order valence-corrected chi connectivity index (χ4v) is 1.18. The Morgan fingerprint density at radius 2 is 2.20 bits per heavy atom. The predicted octanol–water partition coefficient (Wildman–Crippen LogP) is 0.856. The van der Waals surface area contributed by atoms with E-state index in [1.54, 1.807) is 6.92 Å². The molecule has 0 saturated carbocycles. The van der Waals surface area contributed by atoms with Crippen LogP contribution in [-0.2, 0) is 9.53 Å². The maximum absolute atomic E-state index is 11.2. The Morgan fingerprint density at radius 3 is 2.67 bits per heavy atom. The minimum absolute atomic E-state index is 0.150. The molecule has 2 N–H and O–H groups in total. The van der Waals surface area contributed by atoms with Crippen molar-refractivity contribution in [3.05, 3.63) is 12.2 Å². The van der Waals surface area contributed by atoms with E-state index in [0.29, 0.717) is 25.1 Å². The molecule has 0 bridgehead atoms. The minimum Gasteiger partial charge on any atom is -0.463 e. The van der Waals surface area contributed by atoms with Crippen molar-refractivity contribution >= 4 is 5.97 Å². The number of hydrogen-bond donors (Lipinski definition) is 2. The molecule has 0 heterocycles. The smallest absolute Gasteiger partial charge is 0.334 e. The van der Waals surface area contributed by atoms with Gasteiger partial charge in [-0.05, 0) is 19.8 Å². The van der Waals surface area contributed by atoms with Crippen molar-refractivity contribution < 1.29 is 14.6 Å². The highest BCUT2D eigenvalue weighted by molar-refractivity contribution is 5.88. The number of carbonyl (C=O) groups excluding carboxylic acids is 1. The van der Waals surface area contributed by atoms with Crippen LogP contribution in [0, 0.1) is 0 Å². The van der Waals surface area contributed by atoms with Crippen LogP contribution in [0.5, 0.6) is 0 Å². The van der Waals surface area contributed by atoms with Crippen molar-refractivity contribution in [2.45, 2.75) is 32.7 Å². The standard InChI is InChI=1S/C11H21NO3/c1-4-10(6-7-13)12-8-9(3)11(14)15-5-2/h10,12-13H,3-8H2,1-2H3. The molecule has 0 aliphatic carbocycles. The molecule has 15 heavy (non-hydrogen) atoms. The molecule has 4 heteroatoms. The second kappa shape index (κ2) is 8.44. The summed E-state index contributed by atoms with van der Waals surface area (Å²) in [4.78, 5) is 11.2. The lowest BCUT2D eigenvalue weighted by Crippen LogP contribution is -2.32. The average Bonchev–Trinajstić information content (AvgIpc) is 2.24. The van der Waals surface area contributed by atoms with E-state index >= 15 is 0 Å². The van der Waals surface area contributed by atoms with Gasteiger partial charge in [-0.25, -0.2) is 4.79 Å². The molecular weight excluding hydrogens is 194 g/mol. The van der Waals surface area contributed by atoms with E-state index < -0.39 is 0 Å². The lowest BCUT2D eigenvalue weighted by atomic mass is 10.1. The summed E-state index contributed by atoms with van der Waals surface area (Å²) in [5.41, 5.74) is 0.424. The topological polar surface area (TPSA) is 58.6 Å². The first-order valence-corrected chi connectivity index (χ1v) is 5.34. The van der Waals surface area contributed by atoms with Crippen LogP contribution in [0.25, 0.3) is 0 Å². The van der Waals surface area contributed by atoms with Crippen LogP contribution >= 0.6 is 0 Å². The van der Waals surface area contributed by atoms with E-state index in [0.717, 1.165) is 6.42 Å². The van der Waals surface area contributed by atoms with Gasteiger partial charge < -0.3 is 15.2 Å². The monoisotopic (exact) mass is 215 g/mol. The van der Waals surface area contributed by atoms with Gasteiger partial charge in [-0.15, -0.1) is 0 Å². The Bertz CT molecular complexity index is 204. The zero-order valence-electron chi connectivity index (χ0n) is 9.58. The molecule has 4 nitrogen and oxygen atoms in total. The van der Waals surface area contributed by atoms with Crippen molar-refractivity contribution in [2.75, 3.05) is 19.8 Å². The molecule has 0 aliphatic heterocycles. The maximum atomic E-state index is 11.2. The molecule has 0 amide bonds. The first kappa shape index (κ1) is 14.1. The van der Waals surface area contributed by atoms with Crippen LogP contribution in [-0.4, -0.2) is 36.9 Å². The summed E-state index contributed by atoms with van der Waals surface area (Å²) in [6.07, 6.45) is 1.60. The fourth-order valence-electron chi connectivity index (χ4n) is 1.18. The van der Waals surface area contributed by atoms with Crippen molar-refractivity contribution in [3.63, 3.8) is 0 Å². The van der Waals surface area contributed by atoms with Crippen LogP contribution in [0.2, 0.25) is 0 Å². The third-order valence-corrected chi connectivity index (χ3v) is 2.14. The van der Waals surface area contributed by atoms with Gasteiger partial charge in [-0.2, -0.15) is 0 Å². The second-order valence-electron chi connectivity index (χ2n) is 3.32. The van der Waals surface area contributed by atoms with Crippen molar-refractivity contribution in [1.82, 2.24) is 5.32 Å².